The van der Waals surface area contributed by atoms with E-state index in [1.807, 2.05) is 26.8 Å². The number of aromatic amines is 1. The molecule has 2 aromatic rings. The second-order valence-corrected chi connectivity index (χ2v) is 6.56. The molecule has 0 unspecified atom stereocenters. The van der Waals surface area contributed by atoms with E-state index < -0.39 is 5.60 Å². The lowest BCUT2D eigenvalue weighted by atomic mass is 10.2. The first kappa shape index (κ1) is 14.6. The number of aromatic nitrogens is 3. The van der Waals surface area contributed by atoms with Gasteiger partial charge in [-0.15, -0.1) is 0 Å². The lowest BCUT2D eigenvalue weighted by Crippen LogP contribution is -2.36. The number of hydrogen-bond acceptors (Lipinski definition) is 4. The number of pyridine rings is 1. The zero-order valence-corrected chi connectivity index (χ0v) is 13.0. The monoisotopic (exact) mass is 304 g/mol. The number of fused-ring (bicyclic) bond motifs is 1. The number of nitrogens with one attached hydrogen (secondary N) is 1. The predicted octanol–water partition coefficient (Wildman–Crippen LogP) is 1.91. The molecule has 118 valence electrons. The molecule has 0 aromatic carbocycles. The van der Waals surface area contributed by atoms with Crippen molar-refractivity contribution in [3.05, 3.63) is 28.9 Å². The molecule has 0 aliphatic carbocycles. The van der Waals surface area contributed by atoms with E-state index >= 15 is 0 Å². The maximum atomic E-state index is 12.2. The Kier molecular flexibility index (Phi) is 3.42. The summed E-state index contributed by atoms with van der Waals surface area (Å²) in [7, 11) is 0. The van der Waals surface area contributed by atoms with E-state index in [1.165, 1.54) is 0 Å². The maximum absolute atomic E-state index is 12.2. The third-order valence-electron chi connectivity index (χ3n) is 3.70. The predicted molar refractivity (Wildman–Crippen MR) is 81.8 cm³/mol. The standard InChI is InChI=1S/C15H20N4O3/c1-15(2,3)22-14(21)18-7-5-10(9-18)19-12-4-6-16-8-11(12)17-13(19)20/h4,6,8,10H,5,7,9H2,1-3H3,(H,17,20)/t10-/m0/s1. The second kappa shape index (κ2) is 5.15. The van der Waals surface area contributed by atoms with Gasteiger partial charge in [-0.2, -0.15) is 0 Å². The summed E-state index contributed by atoms with van der Waals surface area (Å²) in [6, 6.07) is 1.76. The summed E-state index contributed by atoms with van der Waals surface area (Å²) >= 11 is 0. The Hall–Kier alpha value is -2.31. The number of ether oxygens (including phenoxy) is 1. The molecule has 0 spiro atoms. The van der Waals surface area contributed by atoms with E-state index in [9.17, 15) is 9.59 Å². The van der Waals surface area contributed by atoms with Crippen LogP contribution >= 0.6 is 0 Å². The summed E-state index contributed by atoms with van der Waals surface area (Å²) in [5.74, 6) is 0. The third kappa shape index (κ3) is 2.70. The summed E-state index contributed by atoms with van der Waals surface area (Å²) in [5, 5.41) is 0. The Bertz CT molecular complexity index is 756. The van der Waals surface area contributed by atoms with E-state index in [0.29, 0.717) is 18.6 Å². The Morgan fingerprint density at radius 2 is 2.23 bits per heavy atom. The molecule has 22 heavy (non-hydrogen) atoms. The molecule has 3 heterocycles. The van der Waals surface area contributed by atoms with E-state index in [-0.39, 0.29) is 17.8 Å². The van der Waals surface area contributed by atoms with Gasteiger partial charge in [-0.05, 0) is 33.3 Å². The van der Waals surface area contributed by atoms with Gasteiger partial charge in [0.15, 0.2) is 0 Å². The first-order valence-electron chi connectivity index (χ1n) is 7.37. The summed E-state index contributed by atoms with van der Waals surface area (Å²) in [4.78, 5) is 32.8. The summed E-state index contributed by atoms with van der Waals surface area (Å²) in [6.45, 7) is 6.59. The van der Waals surface area contributed by atoms with Crippen LogP contribution < -0.4 is 5.69 Å². The van der Waals surface area contributed by atoms with E-state index in [0.717, 1.165) is 11.9 Å². The van der Waals surface area contributed by atoms with Crippen LogP contribution in [-0.2, 0) is 4.74 Å². The van der Waals surface area contributed by atoms with E-state index in [1.54, 1.807) is 21.9 Å². The molecule has 1 aliphatic rings. The molecule has 3 rings (SSSR count). The first-order valence-corrected chi connectivity index (χ1v) is 7.37. The minimum absolute atomic E-state index is 0.0452. The molecule has 0 bridgehead atoms. The Morgan fingerprint density at radius 1 is 1.45 bits per heavy atom. The van der Waals surface area contributed by atoms with Crippen molar-refractivity contribution in [2.24, 2.45) is 0 Å². The minimum atomic E-state index is -0.515. The molecule has 1 N–H and O–H groups in total. The molecule has 1 amide bonds. The van der Waals surface area contributed by atoms with Gasteiger partial charge in [0.1, 0.15) is 5.60 Å². The van der Waals surface area contributed by atoms with Crippen LogP contribution in [0.2, 0.25) is 0 Å². The smallest absolute Gasteiger partial charge is 0.410 e. The fourth-order valence-electron chi connectivity index (χ4n) is 2.79. The van der Waals surface area contributed by atoms with Crippen LogP contribution in [0, 0.1) is 0 Å². The highest BCUT2D eigenvalue weighted by Gasteiger charge is 2.32. The molecule has 1 saturated heterocycles. The van der Waals surface area contributed by atoms with Gasteiger partial charge in [-0.3, -0.25) is 9.55 Å². The van der Waals surface area contributed by atoms with Gasteiger partial charge in [0.25, 0.3) is 0 Å². The van der Waals surface area contributed by atoms with Crippen LogP contribution in [-0.4, -0.2) is 44.2 Å². The molecule has 0 radical (unpaired) electrons. The largest absolute Gasteiger partial charge is 0.444 e. The second-order valence-electron chi connectivity index (χ2n) is 6.56. The maximum Gasteiger partial charge on any atom is 0.410 e. The number of imidazole rings is 1. The van der Waals surface area contributed by atoms with Crippen LogP contribution in [0.25, 0.3) is 11.0 Å². The first-order chi connectivity index (χ1) is 10.3. The molecule has 7 nitrogen and oxygen atoms in total. The van der Waals surface area contributed by atoms with Crippen molar-refractivity contribution in [3.63, 3.8) is 0 Å². The zero-order chi connectivity index (χ0) is 15.9. The number of likely N-dealkylation sites (tertiary alicyclic amines) is 1. The van der Waals surface area contributed by atoms with E-state index in [4.69, 9.17) is 4.74 Å². The van der Waals surface area contributed by atoms with Crippen LogP contribution in [0.4, 0.5) is 4.79 Å². The molecular weight excluding hydrogens is 284 g/mol. The van der Waals surface area contributed by atoms with Crippen molar-refractivity contribution in [3.8, 4) is 0 Å². The molecule has 2 aromatic heterocycles. The molecule has 1 fully saturated rings. The van der Waals surface area contributed by atoms with Gasteiger partial charge >= 0.3 is 11.8 Å². The number of rotatable bonds is 1. The van der Waals surface area contributed by atoms with Crippen LogP contribution in [0.15, 0.2) is 23.3 Å². The fraction of sp³-hybridized carbons (Fsp3) is 0.533. The minimum Gasteiger partial charge on any atom is -0.444 e. The number of hydrogen-bond donors (Lipinski definition) is 1. The number of H-pyrrole nitrogens is 1. The topological polar surface area (TPSA) is 80.2 Å². The van der Waals surface area contributed by atoms with Gasteiger partial charge in [-0.25, -0.2) is 9.59 Å². The molecule has 0 saturated carbocycles. The van der Waals surface area contributed by atoms with Crippen molar-refractivity contribution in [2.45, 2.75) is 38.8 Å². The van der Waals surface area contributed by atoms with E-state index in [2.05, 4.69) is 9.97 Å². The lowest BCUT2D eigenvalue weighted by molar-refractivity contribution is 0.0289. The Labute approximate surface area is 127 Å². The highest BCUT2D eigenvalue weighted by molar-refractivity contribution is 5.74. The lowest BCUT2D eigenvalue weighted by Gasteiger charge is -2.24. The highest BCUT2D eigenvalue weighted by Crippen LogP contribution is 2.25. The SMILES string of the molecule is CC(C)(C)OC(=O)N1CC[C@H](n2c(=O)[nH]c3cnccc32)C1. The Balaban J connectivity index is 1.82. The highest BCUT2D eigenvalue weighted by atomic mass is 16.6. The molecule has 1 aliphatic heterocycles. The van der Waals surface area contributed by atoms with Crippen molar-refractivity contribution in [1.82, 2.24) is 19.4 Å². The van der Waals surface area contributed by atoms with Crippen LogP contribution in [0.3, 0.4) is 0 Å². The van der Waals surface area contributed by atoms with Gasteiger partial charge in [-0.1, -0.05) is 0 Å². The van der Waals surface area contributed by atoms with Crippen LogP contribution in [0.1, 0.15) is 33.2 Å². The average Bonchev–Trinajstić information content (AvgIpc) is 2.99. The van der Waals surface area contributed by atoms with Crippen LogP contribution in [0.5, 0.6) is 0 Å². The molecule has 1 atom stereocenters. The van der Waals surface area contributed by atoms with Crippen molar-refractivity contribution in [1.29, 1.82) is 0 Å². The average molecular weight is 304 g/mol. The van der Waals surface area contributed by atoms with Gasteiger partial charge in [0.2, 0.25) is 0 Å². The van der Waals surface area contributed by atoms with Gasteiger partial charge < -0.3 is 14.6 Å². The molecule has 7 heteroatoms. The molecular formula is C15H20N4O3. The number of carbonyl (C=O) groups is 1. The van der Waals surface area contributed by atoms with Gasteiger partial charge in [0.05, 0.1) is 23.3 Å². The number of carbonyl (C=O) groups excluding carboxylic acids is 1. The normalized spacial score (nSPS) is 18.9. The summed E-state index contributed by atoms with van der Waals surface area (Å²) in [5.41, 5.74) is 0.844. The van der Waals surface area contributed by atoms with Gasteiger partial charge in [0, 0.05) is 19.3 Å². The zero-order valence-electron chi connectivity index (χ0n) is 13.0. The third-order valence-corrected chi connectivity index (χ3v) is 3.70. The quantitative estimate of drug-likeness (QED) is 0.872. The Morgan fingerprint density at radius 3 is 2.95 bits per heavy atom. The number of nitrogens with zero attached hydrogens (tertiary/aromatic N) is 3. The summed E-state index contributed by atoms with van der Waals surface area (Å²) < 4.78 is 7.10. The summed E-state index contributed by atoms with van der Waals surface area (Å²) in [6.07, 6.45) is 3.69. The van der Waals surface area contributed by atoms with Crippen molar-refractivity contribution < 1.29 is 9.53 Å². The fourth-order valence-corrected chi connectivity index (χ4v) is 2.79. The number of amides is 1. The van der Waals surface area contributed by atoms with Crippen molar-refractivity contribution in [2.75, 3.05) is 13.1 Å². The van der Waals surface area contributed by atoms with Crippen molar-refractivity contribution >= 4 is 17.1 Å².